The molecule has 0 fully saturated rings. The first-order valence-electron chi connectivity index (χ1n) is 17.0. The molecule has 0 saturated heterocycles. The topological polar surface area (TPSA) is 24.7 Å². The first-order valence-corrected chi connectivity index (χ1v) is 17.0. The fourth-order valence-corrected chi connectivity index (χ4v) is 5.67. The van der Waals surface area contributed by atoms with Gasteiger partial charge in [-0.05, 0) is 97.9 Å². The van der Waals surface area contributed by atoms with Crippen LogP contribution in [0.4, 0.5) is 11.4 Å². The van der Waals surface area contributed by atoms with Gasteiger partial charge in [-0.15, -0.1) is 0 Å². The average Bonchev–Trinajstić information content (AvgIpc) is 2.95. The lowest BCUT2D eigenvalue weighted by atomic mass is 9.97. The molecule has 2 heteroatoms. The van der Waals surface area contributed by atoms with Crippen LogP contribution in [0.2, 0.25) is 0 Å². The summed E-state index contributed by atoms with van der Waals surface area (Å²) in [5, 5.41) is 0. The maximum absolute atomic E-state index is 5.39. The van der Waals surface area contributed by atoms with Gasteiger partial charge in [-0.25, -0.2) is 0 Å². The van der Waals surface area contributed by atoms with Crippen LogP contribution in [0.1, 0.15) is 154 Å². The fourth-order valence-electron chi connectivity index (χ4n) is 5.67. The van der Waals surface area contributed by atoms with Gasteiger partial charge in [-0.1, -0.05) is 118 Å². The Morgan fingerprint density at radius 2 is 0.800 bits per heavy atom. The smallest absolute Gasteiger partial charge is 0.0636 e. The Morgan fingerprint density at radius 1 is 0.425 bits per heavy atom. The van der Waals surface area contributed by atoms with E-state index in [1.807, 2.05) is 0 Å². The first kappa shape index (κ1) is 34.0. The zero-order valence-electron chi connectivity index (χ0n) is 27.1. The highest BCUT2D eigenvalue weighted by Gasteiger charge is 2.13. The molecular formula is C38H60N2. The molecule has 0 spiro atoms. The summed E-state index contributed by atoms with van der Waals surface area (Å²) in [6.07, 6.45) is 21.3. The van der Waals surface area contributed by atoms with Crippen molar-refractivity contribution in [3.63, 3.8) is 0 Å². The summed E-state index contributed by atoms with van der Waals surface area (Å²) >= 11 is 0. The molecule has 0 radical (unpaired) electrons. The monoisotopic (exact) mass is 544 g/mol. The van der Waals surface area contributed by atoms with Crippen LogP contribution < -0.4 is 0 Å². The number of benzene rings is 2. The summed E-state index contributed by atoms with van der Waals surface area (Å²) in [6.45, 7) is 13.7. The molecule has 0 aliphatic rings. The van der Waals surface area contributed by atoms with E-state index in [1.54, 1.807) is 0 Å². The van der Waals surface area contributed by atoms with Gasteiger partial charge < -0.3 is 0 Å². The van der Waals surface area contributed by atoms with E-state index in [-0.39, 0.29) is 0 Å². The van der Waals surface area contributed by atoms with Gasteiger partial charge in [0.25, 0.3) is 0 Å². The molecule has 0 unspecified atom stereocenters. The SMILES string of the molecule is CCCCCCC(=Nc1ccc(CCC)c(CCC)c1)C(CCCCCC)=Nc1ccc(CCC)c(CCC)c1. The lowest BCUT2D eigenvalue weighted by molar-refractivity contribution is 0.678. The molecule has 222 valence electrons. The molecule has 0 heterocycles. The van der Waals surface area contributed by atoms with Crippen LogP contribution in [0.15, 0.2) is 46.4 Å². The molecule has 0 amide bonds. The highest BCUT2D eigenvalue weighted by atomic mass is 14.8. The Labute approximate surface area is 248 Å². The van der Waals surface area contributed by atoms with Crippen molar-refractivity contribution in [2.24, 2.45) is 9.98 Å². The van der Waals surface area contributed by atoms with Crippen LogP contribution in [0.5, 0.6) is 0 Å². The summed E-state index contributed by atoms with van der Waals surface area (Å²) in [4.78, 5) is 10.8. The Hall–Kier alpha value is -2.22. The van der Waals surface area contributed by atoms with Crippen LogP contribution >= 0.6 is 0 Å². The van der Waals surface area contributed by atoms with Gasteiger partial charge in [0.15, 0.2) is 0 Å². The first-order chi connectivity index (χ1) is 19.6. The Morgan fingerprint density at radius 3 is 1.15 bits per heavy atom. The minimum Gasteiger partial charge on any atom is -0.252 e. The predicted molar refractivity (Wildman–Crippen MR) is 181 cm³/mol. The molecule has 2 aromatic rings. The molecule has 2 aromatic carbocycles. The summed E-state index contributed by atoms with van der Waals surface area (Å²) in [5.41, 5.74) is 10.6. The standard InChI is InChI=1S/C38H60N2/c1-7-13-15-17-23-37(39-35-27-25-31(19-9-3)33(29-35)21-11-5)38(24-18-16-14-8-2)40-36-28-26-32(20-10-4)34(30-36)22-12-6/h25-30H,7-24H2,1-6H3. The third kappa shape index (κ3) is 12.1. The van der Waals surface area contributed by atoms with Gasteiger partial charge >= 0.3 is 0 Å². The molecule has 0 atom stereocenters. The highest BCUT2D eigenvalue weighted by Crippen LogP contribution is 2.26. The summed E-state index contributed by atoms with van der Waals surface area (Å²) in [7, 11) is 0. The van der Waals surface area contributed by atoms with E-state index in [0.717, 1.165) is 49.9 Å². The number of hydrogen-bond acceptors (Lipinski definition) is 2. The molecule has 2 rings (SSSR count). The van der Waals surface area contributed by atoms with E-state index in [9.17, 15) is 0 Å². The minimum absolute atomic E-state index is 1.02. The number of hydrogen-bond donors (Lipinski definition) is 0. The van der Waals surface area contributed by atoms with Crippen LogP contribution in [0.25, 0.3) is 0 Å². The van der Waals surface area contributed by atoms with Gasteiger partial charge in [-0.3, -0.25) is 9.98 Å². The molecule has 0 N–H and O–H groups in total. The van der Waals surface area contributed by atoms with Crippen molar-refractivity contribution in [1.29, 1.82) is 0 Å². The second kappa shape index (κ2) is 20.6. The summed E-state index contributed by atoms with van der Waals surface area (Å²) < 4.78 is 0. The highest BCUT2D eigenvalue weighted by molar-refractivity contribution is 6.43. The van der Waals surface area contributed by atoms with Gasteiger partial charge in [0.05, 0.1) is 22.8 Å². The molecule has 0 aromatic heterocycles. The number of rotatable bonds is 21. The zero-order chi connectivity index (χ0) is 29.0. The number of aliphatic imine (C=N–C) groups is 2. The van der Waals surface area contributed by atoms with E-state index >= 15 is 0 Å². The van der Waals surface area contributed by atoms with Crippen molar-refractivity contribution in [2.45, 2.75) is 157 Å². The largest absolute Gasteiger partial charge is 0.252 e. The number of nitrogens with zero attached hydrogens (tertiary/aromatic N) is 2. The van der Waals surface area contributed by atoms with Gasteiger partial charge in [0, 0.05) is 0 Å². The second-order valence-electron chi connectivity index (χ2n) is 11.6. The van der Waals surface area contributed by atoms with Crippen molar-refractivity contribution in [2.75, 3.05) is 0 Å². The zero-order valence-corrected chi connectivity index (χ0v) is 27.1. The molecule has 0 aliphatic heterocycles. The van der Waals surface area contributed by atoms with Gasteiger partial charge in [0.2, 0.25) is 0 Å². The third-order valence-electron chi connectivity index (χ3n) is 7.85. The Balaban J connectivity index is 2.56. The molecule has 0 bridgehead atoms. The molecule has 0 aliphatic carbocycles. The van der Waals surface area contributed by atoms with Crippen molar-refractivity contribution in [3.05, 3.63) is 58.7 Å². The van der Waals surface area contributed by atoms with Crippen LogP contribution in [0.3, 0.4) is 0 Å². The normalized spacial score (nSPS) is 12.3. The lowest BCUT2D eigenvalue weighted by Crippen LogP contribution is -2.14. The van der Waals surface area contributed by atoms with Crippen molar-refractivity contribution >= 4 is 22.8 Å². The third-order valence-corrected chi connectivity index (χ3v) is 7.85. The van der Waals surface area contributed by atoms with Gasteiger partial charge in [-0.2, -0.15) is 0 Å². The minimum atomic E-state index is 1.02. The Kier molecular flexibility index (Phi) is 17.5. The van der Waals surface area contributed by atoms with Crippen LogP contribution in [-0.2, 0) is 25.7 Å². The van der Waals surface area contributed by atoms with Gasteiger partial charge in [0.1, 0.15) is 0 Å². The lowest BCUT2D eigenvalue weighted by Gasteiger charge is -2.14. The second-order valence-corrected chi connectivity index (χ2v) is 11.6. The average molecular weight is 545 g/mol. The number of unbranched alkanes of at least 4 members (excludes halogenated alkanes) is 6. The molecule has 2 nitrogen and oxygen atoms in total. The molecule has 0 saturated carbocycles. The molecule has 40 heavy (non-hydrogen) atoms. The molecular weight excluding hydrogens is 484 g/mol. The maximum Gasteiger partial charge on any atom is 0.0636 e. The van der Waals surface area contributed by atoms with Crippen LogP contribution in [0, 0.1) is 0 Å². The van der Waals surface area contributed by atoms with E-state index in [2.05, 4.69) is 77.9 Å². The number of aryl methyl sites for hydroxylation is 4. The van der Waals surface area contributed by atoms with E-state index in [0.29, 0.717) is 0 Å². The summed E-state index contributed by atoms with van der Waals surface area (Å²) in [6, 6.07) is 13.9. The van der Waals surface area contributed by atoms with E-state index in [4.69, 9.17) is 9.98 Å². The van der Waals surface area contributed by atoms with Crippen molar-refractivity contribution in [3.8, 4) is 0 Å². The quantitative estimate of drug-likeness (QED) is 0.110. The predicted octanol–water partition coefficient (Wildman–Crippen LogP) is 12.3. The van der Waals surface area contributed by atoms with Crippen molar-refractivity contribution in [1.82, 2.24) is 0 Å². The van der Waals surface area contributed by atoms with E-state index in [1.165, 1.54) is 111 Å². The van der Waals surface area contributed by atoms with Crippen molar-refractivity contribution < 1.29 is 0 Å². The summed E-state index contributed by atoms with van der Waals surface area (Å²) in [5.74, 6) is 0. The fraction of sp³-hybridized carbons (Fsp3) is 0.632. The van der Waals surface area contributed by atoms with Crippen LogP contribution in [-0.4, -0.2) is 11.4 Å². The van der Waals surface area contributed by atoms with E-state index < -0.39 is 0 Å². The maximum atomic E-state index is 5.39. The Bertz CT molecular complexity index is 946.